The van der Waals surface area contributed by atoms with Crippen molar-refractivity contribution in [3.63, 3.8) is 0 Å². The summed E-state index contributed by atoms with van der Waals surface area (Å²) in [6.45, 7) is 0. The lowest BCUT2D eigenvalue weighted by Gasteiger charge is -1.97. The van der Waals surface area contributed by atoms with Gasteiger partial charge in [-0.1, -0.05) is 12.1 Å². The normalized spacial score (nSPS) is 10.9. The van der Waals surface area contributed by atoms with Crippen molar-refractivity contribution in [1.82, 2.24) is 4.98 Å². The molecule has 0 atom stereocenters. The van der Waals surface area contributed by atoms with Gasteiger partial charge in [-0.25, -0.2) is 9.37 Å². The van der Waals surface area contributed by atoms with Crippen LogP contribution in [0.4, 0.5) is 4.39 Å². The van der Waals surface area contributed by atoms with Crippen molar-refractivity contribution in [2.24, 2.45) is 0 Å². The number of nitrogens with zero attached hydrogens (tertiary/aromatic N) is 1. The predicted molar refractivity (Wildman–Crippen MR) is 66.7 cm³/mol. The maximum absolute atomic E-state index is 13.2. The van der Waals surface area contributed by atoms with Gasteiger partial charge in [0.25, 0.3) is 0 Å². The van der Waals surface area contributed by atoms with E-state index in [1.54, 1.807) is 6.07 Å². The molecule has 2 aromatic carbocycles. The smallest absolute Gasteiger partial charge is 0.165 e. The quantitative estimate of drug-likeness (QED) is 0.707. The molecule has 0 aliphatic carbocycles. The van der Waals surface area contributed by atoms with Crippen molar-refractivity contribution >= 4 is 21.6 Å². The van der Waals surface area contributed by atoms with E-state index in [-0.39, 0.29) is 5.75 Å². The summed E-state index contributed by atoms with van der Waals surface area (Å²) in [7, 11) is 0. The Morgan fingerprint density at radius 3 is 2.71 bits per heavy atom. The zero-order valence-corrected chi connectivity index (χ0v) is 9.54. The van der Waals surface area contributed by atoms with Gasteiger partial charge in [0.2, 0.25) is 0 Å². The highest BCUT2D eigenvalue weighted by Crippen LogP contribution is 2.31. The fraction of sp³-hybridized carbons (Fsp3) is 0. The Labute approximate surface area is 101 Å². The van der Waals surface area contributed by atoms with E-state index in [0.717, 1.165) is 15.2 Å². The van der Waals surface area contributed by atoms with Gasteiger partial charge in [-0.15, -0.1) is 11.3 Å². The molecule has 0 amide bonds. The van der Waals surface area contributed by atoms with Crippen LogP contribution in [0.15, 0.2) is 42.5 Å². The van der Waals surface area contributed by atoms with Crippen LogP contribution in [0.1, 0.15) is 0 Å². The molecular formula is C13H8FNOS. The van der Waals surface area contributed by atoms with Crippen molar-refractivity contribution < 1.29 is 9.50 Å². The Morgan fingerprint density at radius 2 is 1.94 bits per heavy atom. The molecular weight excluding hydrogens is 237 g/mol. The molecule has 1 aromatic heterocycles. The van der Waals surface area contributed by atoms with Crippen LogP contribution in [-0.2, 0) is 0 Å². The first-order chi connectivity index (χ1) is 8.24. The first-order valence-corrected chi connectivity index (χ1v) is 5.90. The molecule has 0 radical (unpaired) electrons. The van der Waals surface area contributed by atoms with E-state index in [4.69, 9.17) is 5.11 Å². The summed E-state index contributed by atoms with van der Waals surface area (Å²) in [6.07, 6.45) is 0. The predicted octanol–water partition coefficient (Wildman–Crippen LogP) is 3.81. The van der Waals surface area contributed by atoms with E-state index in [1.807, 2.05) is 24.3 Å². The van der Waals surface area contributed by atoms with Crippen LogP contribution in [0.5, 0.6) is 5.75 Å². The molecule has 0 spiro atoms. The molecule has 17 heavy (non-hydrogen) atoms. The highest BCUT2D eigenvalue weighted by Gasteiger charge is 2.08. The molecule has 0 aliphatic heterocycles. The molecule has 84 valence electrons. The number of aromatic nitrogens is 1. The van der Waals surface area contributed by atoms with Gasteiger partial charge >= 0.3 is 0 Å². The Morgan fingerprint density at radius 1 is 1.12 bits per heavy atom. The summed E-state index contributed by atoms with van der Waals surface area (Å²) >= 11 is 1.51. The van der Waals surface area contributed by atoms with Crippen LogP contribution >= 0.6 is 11.3 Å². The maximum Gasteiger partial charge on any atom is 0.165 e. The number of aromatic hydroxyl groups is 1. The minimum absolute atomic E-state index is 0.338. The number of para-hydroxylation sites is 1. The van der Waals surface area contributed by atoms with E-state index in [2.05, 4.69) is 4.98 Å². The summed E-state index contributed by atoms with van der Waals surface area (Å²) in [6, 6.07) is 12.1. The number of benzene rings is 2. The van der Waals surface area contributed by atoms with Crippen LogP contribution in [0, 0.1) is 5.82 Å². The molecule has 0 bridgehead atoms. The number of hydrogen-bond donors (Lipinski definition) is 1. The van der Waals surface area contributed by atoms with Crippen molar-refractivity contribution in [2.75, 3.05) is 0 Å². The molecule has 1 N–H and O–H groups in total. The van der Waals surface area contributed by atoms with Crippen LogP contribution < -0.4 is 0 Å². The summed E-state index contributed by atoms with van der Waals surface area (Å²) in [5.74, 6) is -0.961. The highest BCUT2D eigenvalue weighted by molar-refractivity contribution is 7.21. The van der Waals surface area contributed by atoms with Crippen molar-refractivity contribution in [1.29, 1.82) is 0 Å². The molecule has 0 fully saturated rings. The number of rotatable bonds is 1. The zero-order chi connectivity index (χ0) is 11.8. The van der Waals surface area contributed by atoms with Gasteiger partial charge in [0.05, 0.1) is 10.2 Å². The van der Waals surface area contributed by atoms with E-state index < -0.39 is 5.82 Å². The van der Waals surface area contributed by atoms with Crippen LogP contribution in [0.2, 0.25) is 0 Å². The third-order valence-corrected chi connectivity index (χ3v) is 3.57. The van der Waals surface area contributed by atoms with E-state index in [1.165, 1.54) is 23.5 Å². The average Bonchev–Trinajstić information content (AvgIpc) is 2.76. The van der Waals surface area contributed by atoms with Gasteiger partial charge in [0.15, 0.2) is 11.6 Å². The standard InChI is InChI=1S/C13H8FNOS/c14-9-7-8(5-6-11(9)16)13-15-10-3-1-2-4-12(10)17-13/h1-7,16H. The van der Waals surface area contributed by atoms with Gasteiger partial charge in [-0.3, -0.25) is 0 Å². The first kappa shape index (κ1) is 10.2. The van der Waals surface area contributed by atoms with Crippen LogP contribution in [0.25, 0.3) is 20.8 Å². The fourth-order valence-electron chi connectivity index (χ4n) is 1.64. The van der Waals surface area contributed by atoms with Crippen molar-refractivity contribution in [2.45, 2.75) is 0 Å². The number of halogens is 1. The Bertz CT molecular complexity index is 660. The summed E-state index contributed by atoms with van der Waals surface area (Å²) < 4.78 is 14.3. The third kappa shape index (κ3) is 1.76. The number of thiazole rings is 1. The van der Waals surface area contributed by atoms with E-state index >= 15 is 0 Å². The zero-order valence-electron chi connectivity index (χ0n) is 8.72. The fourth-order valence-corrected chi connectivity index (χ4v) is 2.60. The molecule has 0 aliphatic rings. The average molecular weight is 245 g/mol. The van der Waals surface area contributed by atoms with Crippen LogP contribution in [0.3, 0.4) is 0 Å². The molecule has 2 nitrogen and oxygen atoms in total. The van der Waals surface area contributed by atoms with Gasteiger partial charge < -0.3 is 5.11 Å². The van der Waals surface area contributed by atoms with Gasteiger partial charge in [0.1, 0.15) is 5.01 Å². The van der Waals surface area contributed by atoms with E-state index in [9.17, 15) is 4.39 Å². The summed E-state index contributed by atoms with van der Waals surface area (Å²) in [5.41, 5.74) is 1.59. The topological polar surface area (TPSA) is 33.1 Å². The third-order valence-electron chi connectivity index (χ3n) is 2.49. The van der Waals surface area contributed by atoms with Crippen LogP contribution in [-0.4, -0.2) is 10.1 Å². The number of fused-ring (bicyclic) bond motifs is 1. The number of phenols is 1. The lowest BCUT2D eigenvalue weighted by Crippen LogP contribution is -1.79. The second-order valence-electron chi connectivity index (χ2n) is 3.65. The Hall–Kier alpha value is -1.94. The van der Waals surface area contributed by atoms with Gasteiger partial charge in [-0.05, 0) is 30.3 Å². The Kier molecular flexibility index (Phi) is 2.30. The molecule has 1 heterocycles. The number of hydrogen-bond acceptors (Lipinski definition) is 3. The lowest BCUT2D eigenvalue weighted by atomic mass is 10.2. The van der Waals surface area contributed by atoms with Crippen molar-refractivity contribution in [3.05, 3.63) is 48.3 Å². The maximum atomic E-state index is 13.2. The minimum atomic E-state index is -0.623. The summed E-state index contributed by atoms with van der Waals surface area (Å²) in [4.78, 5) is 4.42. The first-order valence-electron chi connectivity index (χ1n) is 5.08. The monoisotopic (exact) mass is 245 g/mol. The second-order valence-corrected chi connectivity index (χ2v) is 4.68. The molecule has 3 rings (SSSR count). The van der Waals surface area contributed by atoms with E-state index in [0.29, 0.717) is 5.56 Å². The second kappa shape index (κ2) is 3.82. The SMILES string of the molecule is Oc1ccc(-c2nc3ccccc3s2)cc1F. The molecule has 0 unspecified atom stereocenters. The number of phenolic OH excluding ortho intramolecular Hbond substituents is 1. The largest absolute Gasteiger partial charge is 0.505 e. The molecule has 0 saturated heterocycles. The molecule has 4 heteroatoms. The molecule has 3 aromatic rings. The van der Waals surface area contributed by atoms with Gasteiger partial charge in [-0.2, -0.15) is 0 Å². The highest BCUT2D eigenvalue weighted by atomic mass is 32.1. The minimum Gasteiger partial charge on any atom is -0.505 e. The van der Waals surface area contributed by atoms with Crippen molar-refractivity contribution in [3.8, 4) is 16.3 Å². The Balaban J connectivity index is 2.17. The summed E-state index contributed by atoms with van der Waals surface area (Å²) in [5, 5.41) is 9.89. The van der Waals surface area contributed by atoms with Gasteiger partial charge in [0, 0.05) is 5.56 Å². The lowest BCUT2D eigenvalue weighted by molar-refractivity contribution is 0.432. The molecule has 0 saturated carbocycles.